The summed E-state index contributed by atoms with van der Waals surface area (Å²) in [5.74, 6) is -0.453. The van der Waals surface area contributed by atoms with Gasteiger partial charge in [-0.1, -0.05) is 23.2 Å². The number of ether oxygens (including phenoxy) is 3. The van der Waals surface area contributed by atoms with Gasteiger partial charge in [-0.05, 0) is 0 Å². The number of carboxylic acid groups (broad SMARTS) is 1. The summed E-state index contributed by atoms with van der Waals surface area (Å²) in [5, 5.41) is 9.04. The van der Waals surface area contributed by atoms with Gasteiger partial charge in [-0.3, -0.25) is 4.79 Å². The van der Waals surface area contributed by atoms with Gasteiger partial charge in [0, 0.05) is 5.56 Å². The van der Waals surface area contributed by atoms with Crippen molar-refractivity contribution in [3.05, 3.63) is 15.6 Å². The molecule has 0 aromatic heterocycles. The van der Waals surface area contributed by atoms with Crippen molar-refractivity contribution in [1.82, 2.24) is 0 Å². The predicted octanol–water partition coefficient (Wildman–Crippen LogP) is 2.65. The minimum Gasteiger partial charge on any atom is -0.491 e. The molecule has 0 atom stereocenters. The van der Waals surface area contributed by atoms with Gasteiger partial charge in [0.1, 0.15) is 0 Å². The number of rotatable bonds is 5. The van der Waals surface area contributed by atoms with Crippen molar-refractivity contribution in [3.63, 3.8) is 0 Å². The van der Waals surface area contributed by atoms with Crippen LogP contribution in [-0.4, -0.2) is 32.4 Å². The molecule has 0 amide bonds. The molecule has 0 bridgehead atoms. The van der Waals surface area contributed by atoms with E-state index in [0.717, 1.165) is 0 Å². The first-order chi connectivity index (χ1) is 8.47. The number of methoxy groups -OCH3 is 3. The molecule has 0 saturated carbocycles. The van der Waals surface area contributed by atoms with E-state index in [2.05, 4.69) is 0 Å². The summed E-state index contributed by atoms with van der Waals surface area (Å²) < 4.78 is 15.3. The molecule has 100 valence electrons. The highest BCUT2D eigenvalue weighted by Crippen LogP contribution is 2.49. The Bertz CT molecular complexity index is 442. The Labute approximate surface area is 114 Å². The van der Waals surface area contributed by atoms with Crippen LogP contribution in [0.1, 0.15) is 5.56 Å². The monoisotopic (exact) mass is 294 g/mol. The van der Waals surface area contributed by atoms with Crippen molar-refractivity contribution < 1.29 is 24.1 Å². The molecule has 0 aliphatic rings. The van der Waals surface area contributed by atoms with Crippen LogP contribution in [0.25, 0.3) is 0 Å². The van der Waals surface area contributed by atoms with Crippen LogP contribution in [0.4, 0.5) is 0 Å². The zero-order valence-electron chi connectivity index (χ0n) is 10.0. The van der Waals surface area contributed by atoms with E-state index in [0.29, 0.717) is 0 Å². The summed E-state index contributed by atoms with van der Waals surface area (Å²) in [5.41, 5.74) is 0.223. The Morgan fingerprint density at radius 3 is 1.67 bits per heavy atom. The quantitative estimate of drug-likeness (QED) is 0.904. The molecule has 1 rings (SSSR count). The van der Waals surface area contributed by atoms with Crippen LogP contribution >= 0.6 is 23.2 Å². The smallest absolute Gasteiger partial charge is 0.307 e. The molecule has 0 unspecified atom stereocenters. The highest BCUT2D eigenvalue weighted by atomic mass is 35.5. The third kappa shape index (κ3) is 2.57. The number of carbonyl (C=O) groups is 1. The number of halogens is 2. The lowest BCUT2D eigenvalue weighted by molar-refractivity contribution is -0.136. The van der Waals surface area contributed by atoms with E-state index >= 15 is 0 Å². The van der Waals surface area contributed by atoms with Gasteiger partial charge in [0.2, 0.25) is 5.75 Å². The zero-order chi connectivity index (χ0) is 13.9. The van der Waals surface area contributed by atoms with Crippen LogP contribution in [0.15, 0.2) is 0 Å². The van der Waals surface area contributed by atoms with Gasteiger partial charge in [-0.25, -0.2) is 0 Å². The van der Waals surface area contributed by atoms with E-state index in [4.69, 9.17) is 42.5 Å². The second-order valence-corrected chi connectivity index (χ2v) is 4.03. The summed E-state index contributed by atoms with van der Waals surface area (Å²) in [4.78, 5) is 10.8. The first kappa shape index (κ1) is 14.7. The summed E-state index contributed by atoms with van der Waals surface area (Å²) in [6, 6.07) is 0. The number of benzene rings is 1. The van der Waals surface area contributed by atoms with Gasteiger partial charge in [0.15, 0.2) is 11.5 Å². The van der Waals surface area contributed by atoms with Crippen LogP contribution in [0, 0.1) is 0 Å². The fourth-order valence-electron chi connectivity index (χ4n) is 1.53. The maximum atomic E-state index is 10.8. The van der Waals surface area contributed by atoms with Gasteiger partial charge in [0.25, 0.3) is 0 Å². The first-order valence-electron chi connectivity index (χ1n) is 4.85. The molecule has 0 heterocycles. The van der Waals surface area contributed by atoms with Crippen molar-refractivity contribution in [2.45, 2.75) is 6.42 Å². The minimum absolute atomic E-state index is 0.0996. The summed E-state index contributed by atoms with van der Waals surface area (Å²) >= 11 is 12.1. The van der Waals surface area contributed by atoms with Crippen molar-refractivity contribution in [3.8, 4) is 17.2 Å². The van der Waals surface area contributed by atoms with Gasteiger partial charge < -0.3 is 19.3 Å². The fraction of sp³-hybridized carbons (Fsp3) is 0.364. The van der Waals surface area contributed by atoms with Gasteiger partial charge >= 0.3 is 5.97 Å². The summed E-state index contributed by atoms with van der Waals surface area (Å²) in [7, 11) is 4.19. The number of carboxylic acids is 1. The van der Waals surface area contributed by atoms with E-state index in [-0.39, 0.29) is 39.3 Å². The lowest BCUT2D eigenvalue weighted by Gasteiger charge is -2.17. The van der Waals surface area contributed by atoms with Crippen molar-refractivity contribution >= 4 is 29.2 Å². The third-order valence-electron chi connectivity index (χ3n) is 2.28. The Balaban J connectivity index is 3.58. The molecule has 1 N–H and O–H groups in total. The van der Waals surface area contributed by atoms with Gasteiger partial charge in [-0.15, -0.1) is 0 Å². The van der Waals surface area contributed by atoms with Crippen molar-refractivity contribution in [1.29, 1.82) is 0 Å². The Kier molecular flexibility index (Phi) is 4.93. The molecule has 18 heavy (non-hydrogen) atoms. The maximum Gasteiger partial charge on any atom is 0.307 e. The Morgan fingerprint density at radius 2 is 1.39 bits per heavy atom. The molecule has 0 aliphatic carbocycles. The van der Waals surface area contributed by atoms with Gasteiger partial charge in [0.05, 0.1) is 37.8 Å². The zero-order valence-corrected chi connectivity index (χ0v) is 11.6. The van der Waals surface area contributed by atoms with Crippen LogP contribution in [-0.2, 0) is 11.2 Å². The Hall–Kier alpha value is -1.33. The van der Waals surface area contributed by atoms with E-state index in [1.54, 1.807) is 0 Å². The van der Waals surface area contributed by atoms with E-state index < -0.39 is 5.97 Å². The normalized spacial score (nSPS) is 10.1. The molecule has 0 fully saturated rings. The maximum absolute atomic E-state index is 10.8. The molecular weight excluding hydrogens is 283 g/mol. The molecule has 7 heteroatoms. The summed E-state index contributed by atoms with van der Waals surface area (Å²) in [6.45, 7) is 0. The molecular formula is C11H12Cl2O5. The van der Waals surface area contributed by atoms with E-state index in [1.165, 1.54) is 21.3 Å². The minimum atomic E-state index is -1.06. The average Bonchev–Trinajstić information content (AvgIpc) is 2.33. The van der Waals surface area contributed by atoms with Gasteiger partial charge in [-0.2, -0.15) is 0 Å². The number of hydrogen-bond acceptors (Lipinski definition) is 4. The largest absolute Gasteiger partial charge is 0.491 e. The second kappa shape index (κ2) is 6.02. The van der Waals surface area contributed by atoms with E-state index in [1.807, 2.05) is 0 Å². The van der Waals surface area contributed by atoms with E-state index in [9.17, 15) is 4.79 Å². The van der Waals surface area contributed by atoms with Crippen LogP contribution < -0.4 is 14.2 Å². The highest BCUT2D eigenvalue weighted by Gasteiger charge is 2.25. The average molecular weight is 295 g/mol. The van der Waals surface area contributed by atoms with Crippen LogP contribution in [0.2, 0.25) is 10.0 Å². The second-order valence-electron chi connectivity index (χ2n) is 3.28. The number of aliphatic carboxylic acids is 1. The molecule has 0 radical (unpaired) electrons. The molecule has 1 aromatic carbocycles. The van der Waals surface area contributed by atoms with Crippen LogP contribution in [0.3, 0.4) is 0 Å². The lowest BCUT2D eigenvalue weighted by Crippen LogP contribution is -2.05. The Morgan fingerprint density at radius 1 is 1.00 bits per heavy atom. The lowest BCUT2D eigenvalue weighted by atomic mass is 10.1. The standard InChI is InChI=1S/C11H12Cl2O5/c1-16-9-7(12)5(4-6(14)15)8(13)10(17-2)11(9)18-3/h4H2,1-3H3,(H,14,15). The molecule has 5 nitrogen and oxygen atoms in total. The topological polar surface area (TPSA) is 65.0 Å². The number of hydrogen-bond donors (Lipinski definition) is 1. The molecule has 0 saturated heterocycles. The molecule has 1 aromatic rings. The SMILES string of the molecule is COc1c(Cl)c(CC(=O)O)c(Cl)c(OC)c1OC. The molecule has 0 spiro atoms. The highest BCUT2D eigenvalue weighted by molar-refractivity contribution is 6.38. The third-order valence-corrected chi connectivity index (χ3v) is 3.08. The summed E-state index contributed by atoms with van der Waals surface area (Å²) in [6.07, 6.45) is -0.339. The fourth-order valence-corrected chi connectivity index (χ4v) is 2.23. The predicted molar refractivity (Wildman–Crippen MR) is 67.5 cm³/mol. The first-order valence-corrected chi connectivity index (χ1v) is 5.61. The molecule has 0 aliphatic heterocycles. The van der Waals surface area contributed by atoms with Crippen molar-refractivity contribution in [2.24, 2.45) is 0 Å². The van der Waals surface area contributed by atoms with Crippen molar-refractivity contribution in [2.75, 3.05) is 21.3 Å². The van der Waals surface area contributed by atoms with Crippen LogP contribution in [0.5, 0.6) is 17.2 Å².